The second-order valence-corrected chi connectivity index (χ2v) is 4.78. The number of nitro groups is 1. The Balaban J connectivity index is 2.10. The average molecular weight is 234 g/mol. The van der Waals surface area contributed by atoms with Gasteiger partial charge < -0.3 is 5.32 Å². The highest BCUT2D eigenvalue weighted by Crippen LogP contribution is 2.23. The predicted octanol–water partition coefficient (Wildman–Crippen LogP) is 2.45. The van der Waals surface area contributed by atoms with Crippen LogP contribution in [0.4, 0.5) is 5.69 Å². The van der Waals surface area contributed by atoms with E-state index in [1.807, 2.05) is 12.1 Å². The molecule has 1 saturated heterocycles. The van der Waals surface area contributed by atoms with Crippen LogP contribution in [0.2, 0.25) is 0 Å². The van der Waals surface area contributed by atoms with Gasteiger partial charge in [0.05, 0.1) is 4.92 Å². The second-order valence-electron chi connectivity index (χ2n) is 4.78. The number of rotatable bonds is 3. The van der Waals surface area contributed by atoms with Gasteiger partial charge in [0.15, 0.2) is 0 Å². The maximum absolute atomic E-state index is 10.9. The summed E-state index contributed by atoms with van der Waals surface area (Å²) in [4.78, 5) is 10.6. The Kier molecular flexibility index (Phi) is 3.74. The van der Waals surface area contributed by atoms with Crippen LogP contribution >= 0.6 is 0 Å². The molecule has 4 nitrogen and oxygen atoms in total. The molecule has 1 aliphatic heterocycles. The van der Waals surface area contributed by atoms with Crippen molar-refractivity contribution < 1.29 is 4.92 Å². The maximum Gasteiger partial charge on any atom is 0.272 e. The summed E-state index contributed by atoms with van der Waals surface area (Å²) in [5.41, 5.74) is 2.08. The molecule has 92 valence electrons. The van der Waals surface area contributed by atoms with E-state index in [-0.39, 0.29) is 10.6 Å². The first-order chi connectivity index (χ1) is 8.16. The van der Waals surface area contributed by atoms with Crippen LogP contribution in [-0.2, 0) is 6.42 Å². The Labute approximate surface area is 101 Å². The zero-order valence-electron chi connectivity index (χ0n) is 10.1. The Morgan fingerprint density at radius 2 is 2.12 bits per heavy atom. The number of hydrogen-bond donors (Lipinski definition) is 1. The molecule has 1 aromatic rings. The minimum atomic E-state index is -0.290. The molecule has 0 spiro atoms. The summed E-state index contributed by atoms with van der Waals surface area (Å²) in [6, 6.07) is 5.61. The molecular formula is C13H18N2O2. The zero-order valence-corrected chi connectivity index (χ0v) is 10.1. The van der Waals surface area contributed by atoms with E-state index < -0.39 is 0 Å². The van der Waals surface area contributed by atoms with Gasteiger partial charge in [-0.2, -0.15) is 0 Å². The van der Waals surface area contributed by atoms with Crippen molar-refractivity contribution in [2.24, 2.45) is 5.92 Å². The lowest BCUT2D eigenvalue weighted by atomic mass is 9.90. The topological polar surface area (TPSA) is 55.2 Å². The largest absolute Gasteiger partial charge is 0.317 e. The smallest absolute Gasteiger partial charge is 0.272 e. The fourth-order valence-electron chi connectivity index (χ4n) is 2.40. The van der Waals surface area contributed by atoms with Gasteiger partial charge in [0.25, 0.3) is 5.69 Å². The molecule has 4 heteroatoms. The molecule has 1 fully saturated rings. The lowest BCUT2D eigenvalue weighted by Gasteiger charge is -2.22. The SMILES string of the molecule is Cc1ccc(CC2CCNCC2)cc1[N+](=O)[O-]. The number of aryl methyl sites for hydroxylation is 1. The summed E-state index contributed by atoms with van der Waals surface area (Å²) >= 11 is 0. The molecule has 0 unspecified atom stereocenters. The van der Waals surface area contributed by atoms with Crippen LogP contribution in [-0.4, -0.2) is 18.0 Å². The van der Waals surface area contributed by atoms with Crippen molar-refractivity contribution in [1.82, 2.24) is 5.32 Å². The number of nitrogens with zero attached hydrogens (tertiary/aromatic N) is 1. The molecule has 17 heavy (non-hydrogen) atoms. The van der Waals surface area contributed by atoms with Gasteiger partial charge in [-0.15, -0.1) is 0 Å². The number of benzene rings is 1. The molecule has 1 N–H and O–H groups in total. The highest BCUT2D eigenvalue weighted by molar-refractivity contribution is 5.42. The summed E-state index contributed by atoms with van der Waals surface area (Å²) in [6.07, 6.45) is 3.30. The van der Waals surface area contributed by atoms with Crippen LogP contribution in [0, 0.1) is 23.0 Å². The van der Waals surface area contributed by atoms with Crippen molar-refractivity contribution in [3.8, 4) is 0 Å². The molecule has 0 aromatic heterocycles. The van der Waals surface area contributed by atoms with Crippen LogP contribution in [0.1, 0.15) is 24.0 Å². The van der Waals surface area contributed by atoms with Gasteiger partial charge in [-0.05, 0) is 50.8 Å². The molecule has 1 aromatic carbocycles. The molecule has 0 radical (unpaired) electrons. The van der Waals surface area contributed by atoms with Crippen LogP contribution in [0.15, 0.2) is 18.2 Å². The van der Waals surface area contributed by atoms with E-state index >= 15 is 0 Å². The van der Waals surface area contributed by atoms with E-state index in [1.165, 1.54) is 12.8 Å². The van der Waals surface area contributed by atoms with Gasteiger partial charge >= 0.3 is 0 Å². The van der Waals surface area contributed by atoms with E-state index in [4.69, 9.17) is 0 Å². The van der Waals surface area contributed by atoms with E-state index in [0.717, 1.165) is 30.6 Å². The fraction of sp³-hybridized carbons (Fsp3) is 0.538. The first-order valence-corrected chi connectivity index (χ1v) is 6.11. The van der Waals surface area contributed by atoms with E-state index in [1.54, 1.807) is 13.0 Å². The minimum absolute atomic E-state index is 0.247. The van der Waals surface area contributed by atoms with Gasteiger partial charge in [0.1, 0.15) is 0 Å². The van der Waals surface area contributed by atoms with Crippen molar-refractivity contribution in [2.75, 3.05) is 13.1 Å². The third-order valence-corrected chi connectivity index (χ3v) is 3.45. The lowest BCUT2D eigenvalue weighted by Crippen LogP contribution is -2.28. The molecule has 2 rings (SSSR count). The van der Waals surface area contributed by atoms with Crippen LogP contribution in [0.25, 0.3) is 0 Å². The molecule has 0 bridgehead atoms. The summed E-state index contributed by atoms with van der Waals surface area (Å²) in [5.74, 6) is 0.665. The maximum atomic E-state index is 10.9. The Bertz CT molecular complexity index is 412. The molecule has 1 aliphatic rings. The highest BCUT2D eigenvalue weighted by atomic mass is 16.6. The van der Waals surface area contributed by atoms with Gasteiger partial charge in [0.2, 0.25) is 0 Å². The van der Waals surface area contributed by atoms with E-state index in [9.17, 15) is 10.1 Å². The number of nitro benzene ring substituents is 1. The van der Waals surface area contributed by atoms with Gasteiger partial charge in [0, 0.05) is 11.6 Å². The Hall–Kier alpha value is -1.42. The summed E-state index contributed by atoms with van der Waals surface area (Å²) < 4.78 is 0. The quantitative estimate of drug-likeness (QED) is 0.645. The van der Waals surface area contributed by atoms with Crippen LogP contribution in [0.3, 0.4) is 0 Å². The van der Waals surface area contributed by atoms with Crippen molar-refractivity contribution in [3.63, 3.8) is 0 Å². The number of hydrogen-bond acceptors (Lipinski definition) is 3. The van der Waals surface area contributed by atoms with Crippen molar-refractivity contribution in [2.45, 2.75) is 26.2 Å². The molecule has 1 heterocycles. The van der Waals surface area contributed by atoms with Crippen molar-refractivity contribution >= 4 is 5.69 Å². The molecule has 0 saturated carbocycles. The normalized spacial score (nSPS) is 17.0. The number of piperidine rings is 1. The second kappa shape index (κ2) is 5.27. The Morgan fingerprint density at radius 1 is 1.41 bits per heavy atom. The van der Waals surface area contributed by atoms with E-state index in [0.29, 0.717) is 5.92 Å². The molecule has 0 atom stereocenters. The zero-order chi connectivity index (χ0) is 12.3. The summed E-state index contributed by atoms with van der Waals surface area (Å²) in [6.45, 7) is 3.92. The molecular weight excluding hydrogens is 216 g/mol. The first kappa shape index (κ1) is 12.0. The number of nitrogens with one attached hydrogen (secondary N) is 1. The third-order valence-electron chi connectivity index (χ3n) is 3.45. The van der Waals surface area contributed by atoms with Crippen LogP contribution < -0.4 is 5.32 Å². The fourth-order valence-corrected chi connectivity index (χ4v) is 2.40. The van der Waals surface area contributed by atoms with Gasteiger partial charge in [-0.25, -0.2) is 0 Å². The standard InChI is InChI=1S/C13H18N2O2/c1-10-2-3-12(9-13(10)15(16)17)8-11-4-6-14-7-5-11/h2-3,9,11,14H,4-8H2,1H3. The average Bonchev–Trinajstić information content (AvgIpc) is 2.32. The predicted molar refractivity (Wildman–Crippen MR) is 67.1 cm³/mol. The summed E-state index contributed by atoms with van der Waals surface area (Å²) in [7, 11) is 0. The van der Waals surface area contributed by atoms with E-state index in [2.05, 4.69) is 5.32 Å². The monoisotopic (exact) mass is 234 g/mol. The van der Waals surface area contributed by atoms with Gasteiger partial charge in [-0.3, -0.25) is 10.1 Å². The van der Waals surface area contributed by atoms with Gasteiger partial charge in [-0.1, -0.05) is 12.1 Å². The van der Waals surface area contributed by atoms with Crippen molar-refractivity contribution in [3.05, 3.63) is 39.4 Å². The third kappa shape index (κ3) is 3.03. The molecule has 0 amide bonds. The van der Waals surface area contributed by atoms with Crippen LogP contribution in [0.5, 0.6) is 0 Å². The lowest BCUT2D eigenvalue weighted by molar-refractivity contribution is -0.385. The summed E-state index contributed by atoms with van der Waals surface area (Å²) in [5, 5.41) is 14.2. The Morgan fingerprint density at radius 3 is 2.76 bits per heavy atom. The molecule has 0 aliphatic carbocycles. The first-order valence-electron chi connectivity index (χ1n) is 6.11. The highest BCUT2D eigenvalue weighted by Gasteiger charge is 2.16. The minimum Gasteiger partial charge on any atom is -0.317 e. The van der Waals surface area contributed by atoms with Crippen molar-refractivity contribution in [1.29, 1.82) is 0 Å².